The molecule has 2 heterocycles. The minimum Gasteiger partial charge on any atom is -0.289 e. The number of hydrogen-bond acceptors (Lipinski definition) is 4. The van der Waals surface area contributed by atoms with Crippen molar-refractivity contribution in [1.82, 2.24) is 0 Å². The first-order valence-corrected chi connectivity index (χ1v) is 5.04. The lowest BCUT2D eigenvalue weighted by Gasteiger charge is -1.97. The molecule has 0 amide bonds. The van der Waals surface area contributed by atoms with Crippen molar-refractivity contribution in [2.75, 3.05) is 0 Å². The summed E-state index contributed by atoms with van der Waals surface area (Å²) in [6.45, 7) is 0. The molecular formula is C8H4O2S2. The third kappa shape index (κ3) is 1.17. The Morgan fingerprint density at radius 2 is 1.25 bits per heavy atom. The van der Waals surface area contributed by atoms with E-state index in [0.717, 1.165) is 0 Å². The molecule has 2 nitrogen and oxygen atoms in total. The van der Waals surface area contributed by atoms with Crippen LogP contribution in [0.4, 0.5) is 0 Å². The van der Waals surface area contributed by atoms with Crippen molar-refractivity contribution in [3.8, 4) is 0 Å². The van der Waals surface area contributed by atoms with E-state index in [-0.39, 0.29) is 11.6 Å². The Balaban J connectivity index is 2.39. The summed E-state index contributed by atoms with van der Waals surface area (Å²) < 4.78 is 0. The van der Waals surface area contributed by atoms with Crippen LogP contribution in [0.5, 0.6) is 0 Å². The number of rotatable bonds is 0. The van der Waals surface area contributed by atoms with Crippen LogP contribution in [0.3, 0.4) is 0 Å². The van der Waals surface area contributed by atoms with Gasteiger partial charge in [0.1, 0.15) is 0 Å². The molecule has 0 fully saturated rings. The van der Waals surface area contributed by atoms with Crippen LogP contribution in [-0.4, -0.2) is 11.6 Å². The van der Waals surface area contributed by atoms with Gasteiger partial charge in [0.15, 0.2) is 11.6 Å². The van der Waals surface area contributed by atoms with Gasteiger partial charge in [0, 0.05) is 0 Å². The molecule has 60 valence electrons. The lowest BCUT2D eigenvalue weighted by Crippen LogP contribution is -1.98. The van der Waals surface area contributed by atoms with Crippen LogP contribution in [0.1, 0.15) is 0 Å². The molecule has 12 heavy (non-hydrogen) atoms. The molecule has 0 atom stereocenters. The van der Waals surface area contributed by atoms with Crippen LogP contribution < -0.4 is 0 Å². The Labute approximate surface area is 77.8 Å². The van der Waals surface area contributed by atoms with Crippen LogP contribution in [0.25, 0.3) is 0 Å². The average molecular weight is 196 g/mol. The van der Waals surface area contributed by atoms with Gasteiger partial charge >= 0.3 is 0 Å². The zero-order valence-corrected chi connectivity index (χ0v) is 7.58. The monoisotopic (exact) mass is 196 g/mol. The van der Waals surface area contributed by atoms with Gasteiger partial charge in [-0.15, -0.1) is 0 Å². The molecule has 0 aromatic heterocycles. The molecule has 0 radical (unpaired) electrons. The standard InChI is InChI=1S/C8H4O2S2/c9-5-1-3-11-7(5)8-6(10)2-4-12-8/h1-4H/b8-7+. The topological polar surface area (TPSA) is 34.1 Å². The Hall–Kier alpha value is -0.740. The summed E-state index contributed by atoms with van der Waals surface area (Å²) in [4.78, 5) is 23.4. The summed E-state index contributed by atoms with van der Waals surface area (Å²) in [6.07, 6.45) is 2.97. The lowest BCUT2D eigenvalue weighted by atomic mass is 10.3. The van der Waals surface area contributed by atoms with E-state index < -0.39 is 0 Å². The maximum atomic E-state index is 11.1. The highest BCUT2D eigenvalue weighted by Crippen LogP contribution is 2.37. The summed E-state index contributed by atoms with van der Waals surface area (Å²) in [5, 5.41) is 3.41. The number of ketones is 2. The summed E-state index contributed by atoms with van der Waals surface area (Å²) in [5.41, 5.74) is 0. The molecule has 0 saturated heterocycles. The van der Waals surface area contributed by atoms with Gasteiger partial charge in [0.2, 0.25) is 0 Å². The Bertz CT molecular complexity index is 316. The fraction of sp³-hybridized carbons (Fsp3) is 0. The zero-order valence-electron chi connectivity index (χ0n) is 5.94. The molecule has 0 spiro atoms. The van der Waals surface area contributed by atoms with Crippen molar-refractivity contribution < 1.29 is 9.59 Å². The van der Waals surface area contributed by atoms with Crippen molar-refractivity contribution in [2.45, 2.75) is 0 Å². The van der Waals surface area contributed by atoms with E-state index in [1.165, 1.54) is 35.7 Å². The normalized spacial score (nSPS) is 27.7. The number of carbonyl (C=O) groups excluding carboxylic acids is 2. The van der Waals surface area contributed by atoms with Gasteiger partial charge in [-0.2, -0.15) is 0 Å². The van der Waals surface area contributed by atoms with Gasteiger partial charge in [0.25, 0.3) is 0 Å². The maximum Gasteiger partial charge on any atom is 0.194 e. The predicted molar refractivity (Wildman–Crippen MR) is 50.5 cm³/mol. The summed E-state index contributed by atoms with van der Waals surface area (Å²) in [5.74, 6) is -0.112. The van der Waals surface area contributed by atoms with E-state index in [4.69, 9.17) is 0 Å². The fourth-order valence-electron chi connectivity index (χ4n) is 0.926. The van der Waals surface area contributed by atoms with E-state index in [1.807, 2.05) is 0 Å². The highest BCUT2D eigenvalue weighted by atomic mass is 32.2. The van der Waals surface area contributed by atoms with E-state index in [2.05, 4.69) is 0 Å². The van der Waals surface area contributed by atoms with Gasteiger partial charge in [-0.3, -0.25) is 9.59 Å². The van der Waals surface area contributed by atoms with E-state index in [1.54, 1.807) is 10.8 Å². The van der Waals surface area contributed by atoms with E-state index >= 15 is 0 Å². The van der Waals surface area contributed by atoms with Crippen molar-refractivity contribution in [3.05, 3.63) is 32.8 Å². The predicted octanol–water partition coefficient (Wildman–Crippen LogP) is 1.86. The number of allylic oxidation sites excluding steroid dienone is 4. The molecule has 0 aliphatic carbocycles. The van der Waals surface area contributed by atoms with Gasteiger partial charge in [-0.1, -0.05) is 23.5 Å². The average Bonchev–Trinajstić information content (AvgIpc) is 2.59. The molecule has 0 unspecified atom stereocenters. The summed E-state index contributed by atoms with van der Waals surface area (Å²) in [6, 6.07) is 0. The zero-order chi connectivity index (χ0) is 8.55. The molecule has 2 aliphatic heterocycles. The second kappa shape index (κ2) is 2.95. The molecule has 2 aliphatic rings. The number of carbonyl (C=O) groups is 2. The molecular weight excluding hydrogens is 192 g/mol. The minimum atomic E-state index is -0.0560. The first kappa shape index (κ1) is 7.89. The van der Waals surface area contributed by atoms with Gasteiger partial charge in [-0.05, 0) is 23.0 Å². The van der Waals surface area contributed by atoms with Crippen molar-refractivity contribution in [3.63, 3.8) is 0 Å². The Morgan fingerprint density at radius 3 is 1.50 bits per heavy atom. The summed E-state index contributed by atoms with van der Waals surface area (Å²) in [7, 11) is 0. The molecule has 0 N–H and O–H groups in total. The molecule has 0 bridgehead atoms. The third-order valence-corrected chi connectivity index (χ3v) is 3.42. The van der Waals surface area contributed by atoms with Gasteiger partial charge in [0.05, 0.1) is 9.81 Å². The number of thioether (sulfide) groups is 2. The van der Waals surface area contributed by atoms with Crippen LogP contribution in [0.15, 0.2) is 32.8 Å². The van der Waals surface area contributed by atoms with Crippen molar-refractivity contribution in [2.24, 2.45) is 0 Å². The first-order chi connectivity index (χ1) is 5.79. The van der Waals surface area contributed by atoms with Gasteiger partial charge < -0.3 is 0 Å². The largest absolute Gasteiger partial charge is 0.289 e. The van der Waals surface area contributed by atoms with Gasteiger partial charge in [-0.25, -0.2) is 0 Å². The highest BCUT2D eigenvalue weighted by molar-refractivity contribution is 8.11. The second-order valence-corrected chi connectivity index (χ2v) is 4.06. The van der Waals surface area contributed by atoms with E-state index in [9.17, 15) is 9.59 Å². The number of hydrogen-bond donors (Lipinski definition) is 0. The molecule has 2 rings (SSSR count). The van der Waals surface area contributed by atoms with E-state index in [0.29, 0.717) is 9.81 Å². The quantitative estimate of drug-likeness (QED) is 0.554. The highest BCUT2D eigenvalue weighted by Gasteiger charge is 2.23. The molecule has 0 saturated carbocycles. The minimum absolute atomic E-state index is 0.0560. The van der Waals surface area contributed by atoms with Crippen molar-refractivity contribution >= 4 is 35.1 Å². The fourth-order valence-corrected chi connectivity index (χ4v) is 2.65. The van der Waals surface area contributed by atoms with Crippen LogP contribution >= 0.6 is 23.5 Å². The first-order valence-electron chi connectivity index (χ1n) is 3.28. The second-order valence-electron chi connectivity index (χ2n) is 2.23. The van der Waals surface area contributed by atoms with Crippen LogP contribution in [0.2, 0.25) is 0 Å². The lowest BCUT2D eigenvalue weighted by molar-refractivity contribution is -0.112. The molecule has 4 heteroatoms. The Kier molecular flexibility index (Phi) is 1.94. The smallest absolute Gasteiger partial charge is 0.194 e. The summed E-state index contributed by atoms with van der Waals surface area (Å²) >= 11 is 2.64. The molecule has 0 aromatic rings. The van der Waals surface area contributed by atoms with Crippen LogP contribution in [-0.2, 0) is 9.59 Å². The third-order valence-electron chi connectivity index (χ3n) is 1.46. The Morgan fingerprint density at radius 1 is 0.833 bits per heavy atom. The maximum absolute atomic E-state index is 11.1. The van der Waals surface area contributed by atoms with Crippen LogP contribution in [0, 0.1) is 0 Å². The molecule has 0 aromatic carbocycles. The SMILES string of the molecule is O=C1C=CS/C1=C1/SC=CC1=O. The van der Waals surface area contributed by atoms with Crippen molar-refractivity contribution in [1.29, 1.82) is 0 Å².